The topological polar surface area (TPSA) is 69.6 Å². The highest BCUT2D eigenvalue weighted by Gasteiger charge is 2.19. The van der Waals surface area contributed by atoms with Crippen LogP contribution in [0.1, 0.15) is 0 Å². The molecule has 0 aliphatic heterocycles. The van der Waals surface area contributed by atoms with Gasteiger partial charge in [-0.3, -0.25) is 4.57 Å². The van der Waals surface area contributed by atoms with Crippen LogP contribution in [0.15, 0.2) is 132 Å². The summed E-state index contributed by atoms with van der Waals surface area (Å²) in [6.45, 7) is 0. The summed E-state index contributed by atoms with van der Waals surface area (Å²) >= 11 is 0. The number of hydrogen-bond acceptors (Lipinski definition) is 5. The third kappa shape index (κ3) is 3.66. The molecule has 5 aromatic carbocycles. The van der Waals surface area contributed by atoms with Crippen molar-refractivity contribution in [2.24, 2.45) is 0 Å². The quantitative estimate of drug-likeness (QED) is 0.237. The van der Waals surface area contributed by atoms with Crippen LogP contribution in [0, 0.1) is 0 Å². The smallest absolute Gasteiger partial charge is 0.238 e. The standard InChI is InChI=1S/C34H21N5O/c1-3-11-22(12-4-1)31-36-32(23-13-5-2-6-14-23)38-34(37-31)39-28-17-9-7-15-25(28)26-21-24(19-20-29(26)39)33-35-27-16-8-10-18-30(27)40-33/h1-21H. The van der Waals surface area contributed by atoms with Crippen molar-refractivity contribution in [3.8, 4) is 40.2 Å². The van der Waals surface area contributed by atoms with Crippen LogP contribution in [-0.4, -0.2) is 24.5 Å². The van der Waals surface area contributed by atoms with Gasteiger partial charge in [0.15, 0.2) is 17.2 Å². The first-order valence-electron chi connectivity index (χ1n) is 13.1. The van der Waals surface area contributed by atoms with Crippen LogP contribution in [0.25, 0.3) is 73.1 Å². The average molecular weight is 516 g/mol. The Morgan fingerprint density at radius 1 is 0.475 bits per heavy atom. The van der Waals surface area contributed by atoms with Crippen molar-refractivity contribution in [1.82, 2.24) is 24.5 Å². The molecule has 0 bridgehead atoms. The van der Waals surface area contributed by atoms with Gasteiger partial charge in [0.05, 0.1) is 11.0 Å². The van der Waals surface area contributed by atoms with E-state index in [0.29, 0.717) is 23.5 Å². The number of oxazole rings is 1. The van der Waals surface area contributed by atoms with E-state index in [2.05, 4.69) is 34.9 Å². The highest BCUT2D eigenvalue weighted by Crippen LogP contribution is 2.35. The Balaban J connectivity index is 1.38. The molecule has 0 saturated heterocycles. The molecule has 0 atom stereocenters. The second kappa shape index (κ2) is 8.99. The van der Waals surface area contributed by atoms with Crippen LogP contribution in [0.3, 0.4) is 0 Å². The van der Waals surface area contributed by atoms with Crippen molar-refractivity contribution in [3.63, 3.8) is 0 Å². The Hall–Kier alpha value is -5.62. The van der Waals surface area contributed by atoms with Gasteiger partial charge in [-0.1, -0.05) is 91.0 Å². The summed E-state index contributed by atoms with van der Waals surface area (Å²) < 4.78 is 8.20. The molecule has 0 fully saturated rings. The van der Waals surface area contributed by atoms with Crippen molar-refractivity contribution in [3.05, 3.63) is 127 Å². The zero-order valence-corrected chi connectivity index (χ0v) is 21.3. The lowest BCUT2D eigenvalue weighted by atomic mass is 10.1. The zero-order valence-electron chi connectivity index (χ0n) is 21.3. The van der Waals surface area contributed by atoms with Gasteiger partial charge in [0.25, 0.3) is 0 Å². The third-order valence-electron chi connectivity index (χ3n) is 7.10. The molecule has 40 heavy (non-hydrogen) atoms. The van der Waals surface area contributed by atoms with Gasteiger partial charge in [0.2, 0.25) is 11.8 Å². The number of para-hydroxylation sites is 3. The van der Waals surface area contributed by atoms with Crippen molar-refractivity contribution in [1.29, 1.82) is 0 Å². The highest BCUT2D eigenvalue weighted by atomic mass is 16.3. The normalized spacial score (nSPS) is 11.5. The molecule has 0 spiro atoms. The minimum absolute atomic E-state index is 0.563. The molecular weight excluding hydrogens is 494 g/mol. The minimum Gasteiger partial charge on any atom is -0.436 e. The van der Waals surface area contributed by atoms with Crippen LogP contribution < -0.4 is 0 Å². The zero-order chi connectivity index (χ0) is 26.5. The molecule has 0 N–H and O–H groups in total. The maximum Gasteiger partial charge on any atom is 0.238 e. The van der Waals surface area contributed by atoms with Crippen LogP contribution in [0.5, 0.6) is 0 Å². The SMILES string of the molecule is c1ccc(-c2nc(-c3ccccc3)nc(-n3c4ccccc4c4cc(-c5nc6ccccc6o5)ccc43)n2)cc1. The van der Waals surface area contributed by atoms with Crippen LogP contribution in [-0.2, 0) is 0 Å². The molecule has 3 heterocycles. The van der Waals surface area contributed by atoms with E-state index in [9.17, 15) is 0 Å². The molecule has 0 aliphatic rings. The summed E-state index contributed by atoms with van der Waals surface area (Å²) in [5, 5.41) is 2.16. The Labute approximate surface area is 229 Å². The van der Waals surface area contributed by atoms with E-state index in [4.69, 9.17) is 24.4 Å². The monoisotopic (exact) mass is 515 g/mol. The first-order valence-corrected chi connectivity index (χ1v) is 13.1. The summed E-state index contributed by atoms with van der Waals surface area (Å²) in [6.07, 6.45) is 0. The molecule has 0 unspecified atom stereocenters. The summed E-state index contributed by atoms with van der Waals surface area (Å²) in [5.41, 5.74) is 6.39. The van der Waals surface area contributed by atoms with E-state index in [-0.39, 0.29) is 0 Å². The van der Waals surface area contributed by atoms with E-state index in [1.165, 1.54) is 0 Å². The molecular formula is C34H21N5O. The predicted octanol–water partition coefficient (Wildman–Crippen LogP) is 8.11. The van der Waals surface area contributed by atoms with Gasteiger partial charge in [0, 0.05) is 27.5 Å². The number of benzene rings is 5. The van der Waals surface area contributed by atoms with Gasteiger partial charge >= 0.3 is 0 Å². The number of aromatic nitrogens is 5. The fourth-order valence-corrected chi connectivity index (χ4v) is 5.21. The van der Waals surface area contributed by atoms with Crippen molar-refractivity contribution < 1.29 is 4.42 Å². The number of hydrogen-bond donors (Lipinski definition) is 0. The van der Waals surface area contributed by atoms with Gasteiger partial charge < -0.3 is 4.42 Å². The lowest BCUT2D eigenvalue weighted by molar-refractivity contribution is 0.620. The number of nitrogens with zero attached hydrogens (tertiary/aromatic N) is 5. The first kappa shape index (κ1) is 22.4. The average Bonchev–Trinajstić information content (AvgIpc) is 3.61. The summed E-state index contributed by atoms with van der Waals surface area (Å²) in [4.78, 5) is 19.6. The maximum atomic E-state index is 6.09. The van der Waals surface area contributed by atoms with Crippen molar-refractivity contribution in [2.75, 3.05) is 0 Å². The van der Waals surface area contributed by atoms with E-state index >= 15 is 0 Å². The number of fused-ring (bicyclic) bond motifs is 4. The van der Waals surface area contributed by atoms with Crippen molar-refractivity contribution >= 4 is 32.9 Å². The maximum absolute atomic E-state index is 6.09. The van der Waals surface area contributed by atoms with Crippen LogP contribution in [0.4, 0.5) is 0 Å². The highest BCUT2D eigenvalue weighted by molar-refractivity contribution is 6.10. The summed E-state index contributed by atoms with van der Waals surface area (Å²) in [5.74, 6) is 2.41. The number of rotatable bonds is 4. The van der Waals surface area contributed by atoms with Gasteiger partial charge in [-0.05, 0) is 36.4 Å². The molecule has 6 heteroatoms. The lowest BCUT2D eigenvalue weighted by Gasteiger charge is -2.10. The van der Waals surface area contributed by atoms with Crippen LogP contribution in [0.2, 0.25) is 0 Å². The van der Waals surface area contributed by atoms with E-state index in [1.807, 2.05) is 97.1 Å². The Morgan fingerprint density at radius 2 is 1.10 bits per heavy atom. The molecule has 3 aromatic heterocycles. The van der Waals surface area contributed by atoms with Gasteiger partial charge in [-0.25, -0.2) is 9.97 Å². The molecule has 8 rings (SSSR count). The Morgan fingerprint density at radius 3 is 1.82 bits per heavy atom. The summed E-state index contributed by atoms with van der Waals surface area (Å²) in [7, 11) is 0. The van der Waals surface area contributed by atoms with Gasteiger partial charge in [0.1, 0.15) is 5.52 Å². The second-order valence-electron chi connectivity index (χ2n) is 9.59. The van der Waals surface area contributed by atoms with Crippen LogP contribution >= 0.6 is 0 Å². The first-order chi connectivity index (χ1) is 19.8. The molecule has 0 radical (unpaired) electrons. The van der Waals surface area contributed by atoms with E-state index in [1.54, 1.807) is 0 Å². The van der Waals surface area contributed by atoms with E-state index in [0.717, 1.165) is 49.6 Å². The molecule has 0 amide bonds. The lowest BCUT2D eigenvalue weighted by Crippen LogP contribution is -2.06. The molecule has 8 aromatic rings. The minimum atomic E-state index is 0.563. The predicted molar refractivity (Wildman–Crippen MR) is 158 cm³/mol. The van der Waals surface area contributed by atoms with Gasteiger partial charge in [-0.15, -0.1) is 0 Å². The fraction of sp³-hybridized carbons (Fsp3) is 0. The molecule has 6 nitrogen and oxygen atoms in total. The van der Waals surface area contributed by atoms with Gasteiger partial charge in [-0.2, -0.15) is 9.97 Å². The largest absolute Gasteiger partial charge is 0.436 e. The molecule has 0 aliphatic carbocycles. The Bertz CT molecular complexity index is 2070. The second-order valence-corrected chi connectivity index (χ2v) is 9.59. The Kier molecular flexibility index (Phi) is 5.03. The molecule has 0 saturated carbocycles. The third-order valence-corrected chi connectivity index (χ3v) is 7.10. The fourth-order valence-electron chi connectivity index (χ4n) is 5.21. The van der Waals surface area contributed by atoms with E-state index < -0.39 is 0 Å². The summed E-state index contributed by atoms with van der Waals surface area (Å²) in [6, 6.07) is 42.4. The van der Waals surface area contributed by atoms with Crippen molar-refractivity contribution in [2.45, 2.75) is 0 Å². The molecule has 188 valence electrons.